The van der Waals surface area contributed by atoms with Crippen LogP contribution in [0.3, 0.4) is 0 Å². The monoisotopic (exact) mass is 508 g/mol. The molecule has 2 aromatic heterocycles. The summed E-state index contributed by atoms with van der Waals surface area (Å²) in [4.78, 5) is 27.8. The number of fused-ring (bicyclic) bond motifs is 1. The van der Waals surface area contributed by atoms with Crippen LogP contribution in [0.15, 0.2) is 66.0 Å². The highest BCUT2D eigenvalue weighted by atomic mass is 35.5. The van der Waals surface area contributed by atoms with E-state index in [4.69, 9.17) is 22.4 Å². The summed E-state index contributed by atoms with van der Waals surface area (Å²) in [6, 6.07) is 19.5. The maximum Gasteiger partial charge on any atom is 0.238 e. The number of anilines is 1. The van der Waals surface area contributed by atoms with Crippen LogP contribution in [-0.4, -0.2) is 33.9 Å². The quantitative estimate of drug-likeness (QED) is 0.401. The van der Waals surface area contributed by atoms with Gasteiger partial charge in [-0.1, -0.05) is 47.5 Å². The van der Waals surface area contributed by atoms with Gasteiger partial charge in [0.25, 0.3) is 0 Å². The van der Waals surface area contributed by atoms with Crippen molar-refractivity contribution in [1.82, 2.24) is 9.78 Å². The van der Waals surface area contributed by atoms with Gasteiger partial charge in [-0.05, 0) is 48.2 Å². The first-order valence-corrected chi connectivity index (χ1v) is 12.9. The molecule has 0 spiro atoms. The van der Waals surface area contributed by atoms with E-state index in [-0.39, 0.29) is 23.5 Å². The number of aryl methyl sites for hydroxylation is 1. The molecule has 2 aromatic carbocycles. The van der Waals surface area contributed by atoms with Crippen LogP contribution < -0.4 is 10.6 Å². The highest BCUT2D eigenvalue weighted by Crippen LogP contribution is 2.49. The first-order valence-electron chi connectivity index (χ1n) is 10.6. The molecule has 0 aliphatic carbocycles. The van der Waals surface area contributed by atoms with Gasteiger partial charge in [-0.15, -0.1) is 23.1 Å². The van der Waals surface area contributed by atoms with Crippen LogP contribution in [0.1, 0.15) is 21.9 Å². The van der Waals surface area contributed by atoms with Crippen LogP contribution in [0.2, 0.25) is 5.02 Å². The molecule has 3 heterocycles. The van der Waals surface area contributed by atoms with E-state index >= 15 is 0 Å². The number of primary amides is 1. The fraction of sp³-hybridized carbons (Fsp3) is 0.160. The summed E-state index contributed by atoms with van der Waals surface area (Å²) in [5.74, 6) is -0.0249. The first-order chi connectivity index (χ1) is 16.4. The van der Waals surface area contributed by atoms with Crippen molar-refractivity contribution in [3.8, 4) is 16.3 Å². The van der Waals surface area contributed by atoms with E-state index < -0.39 is 5.91 Å². The Hall–Kier alpha value is -3.07. The van der Waals surface area contributed by atoms with Gasteiger partial charge in [-0.3, -0.25) is 14.5 Å². The maximum atomic E-state index is 13.3. The van der Waals surface area contributed by atoms with Gasteiger partial charge in [-0.25, -0.2) is 4.68 Å². The molecule has 0 saturated carbocycles. The Morgan fingerprint density at radius 2 is 1.97 bits per heavy atom. The lowest BCUT2D eigenvalue weighted by molar-refractivity contribution is -0.121. The summed E-state index contributed by atoms with van der Waals surface area (Å²) in [6.07, 6.45) is 0. The van der Waals surface area contributed by atoms with Crippen LogP contribution in [-0.2, 0) is 9.59 Å². The molecule has 34 heavy (non-hydrogen) atoms. The van der Waals surface area contributed by atoms with Crippen molar-refractivity contribution in [3.05, 3.63) is 87.8 Å². The highest BCUT2D eigenvalue weighted by molar-refractivity contribution is 8.00. The van der Waals surface area contributed by atoms with Crippen molar-refractivity contribution >= 4 is 52.3 Å². The van der Waals surface area contributed by atoms with E-state index in [0.29, 0.717) is 10.8 Å². The minimum atomic E-state index is -0.583. The normalized spacial score (nSPS) is 15.8. The third-order valence-electron chi connectivity index (χ3n) is 5.59. The average Bonchev–Trinajstić information content (AvgIpc) is 3.44. The standard InChI is InChI=1S/C25H21ClN4O2S2/c1-15-7-9-18(10-8-15)30-25-22(23(28-30)19-6-3-11-33-19)24(16-4-2-5-17(26)12-16)34-14-21(32)29(25)13-20(27)31/h2-12,24H,13-14H2,1H3,(H2,27,31). The second-order valence-corrected chi connectivity index (χ2v) is 10.5. The van der Waals surface area contributed by atoms with Crippen molar-refractivity contribution in [3.63, 3.8) is 0 Å². The van der Waals surface area contributed by atoms with Crippen LogP contribution in [0.4, 0.5) is 5.82 Å². The van der Waals surface area contributed by atoms with E-state index in [2.05, 4.69) is 0 Å². The van der Waals surface area contributed by atoms with Gasteiger partial charge in [0.05, 0.1) is 21.6 Å². The Morgan fingerprint density at radius 3 is 2.65 bits per heavy atom. The highest BCUT2D eigenvalue weighted by Gasteiger charge is 2.37. The fourth-order valence-corrected chi connectivity index (χ4v) is 6.18. The number of nitrogens with two attached hydrogens (primary N) is 1. The Balaban J connectivity index is 1.84. The molecule has 0 fully saturated rings. The molecule has 1 aliphatic heterocycles. The van der Waals surface area contributed by atoms with Gasteiger partial charge < -0.3 is 5.73 Å². The van der Waals surface area contributed by atoms with Gasteiger partial charge in [0.2, 0.25) is 11.8 Å². The molecule has 5 rings (SSSR count). The number of hydrogen-bond acceptors (Lipinski definition) is 5. The molecule has 0 radical (unpaired) electrons. The topological polar surface area (TPSA) is 81.2 Å². The van der Waals surface area contributed by atoms with Gasteiger partial charge in [0, 0.05) is 10.6 Å². The predicted octanol–water partition coefficient (Wildman–Crippen LogP) is 5.22. The summed E-state index contributed by atoms with van der Waals surface area (Å²) < 4.78 is 1.76. The van der Waals surface area contributed by atoms with Crippen LogP contribution in [0.25, 0.3) is 16.3 Å². The average molecular weight is 509 g/mol. The Kier molecular flexibility index (Phi) is 6.20. The number of carbonyl (C=O) groups is 2. The zero-order chi connectivity index (χ0) is 23.8. The minimum Gasteiger partial charge on any atom is -0.368 e. The first kappa shape index (κ1) is 22.7. The Bertz CT molecular complexity index is 1370. The van der Waals surface area contributed by atoms with Crippen molar-refractivity contribution in [2.24, 2.45) is 5.73 Å². The van der Waals surface area contributed by atoms with Crippen molar-refractivity contribution in [1.29, 1.82) is 0 Å². The van der Waals surface area contributed by atoms with Crippen molar-refractivity contribution in [2.75, 3.05) is 17.2 Å². The number of aromatic nitrogens is 2. The largest absolute Gasteiger partial charge is 0.368 e. The molecule has 1 atom stereocenters. The van der Waals surface area contributed by atoms with Crippen molar-refractivity contribution in [2.45, 2.75) is 12.2 Å². The van der Waals surface area contributed by atoms with E-state index in [1.165, 1.54) is 16.7 Å². The number of thiophene rings is 1. The minimum absolute atomic E-state index is 0.191. The third kappa shape index (κ3) is 4.24. The molecular weight excluding hydrogens is 488 g/mol. The Labute approximate surface area is 210 Å². The lowest BCUT2D eigenvalue weighted by atomic mass is 10.0. The van der Waals surface area contributed by atoms with E-state index in [1.807, 2.05) is 73.0 Å². The lowest BCUT2D eigenvalue weighted by Crippen LogP contribution is -2.40. The molecule has 9 heteroatoms. The molecular formula is C25H21ClN4O2S2. The third-order valence-corrected chi connectivity index (χ3v) is 7.95. The SMILES string of the molecule is Cc1ccc(-n2nc(-c3cccs3)c3c2N(CC(N)=O)C(=O)CSC3c2cccc(Cl)c2)cc1. The van der Waals surface area contributed by atoms with E-state index in [9.17, 15) is 9.59 Å². The van der Waals surface area contributed by atoms with Gasteiger partial charge >= 0.3 is 0 Å². The zero-order valence-corrected chi connectivity index (χ0v) is 20.7. The number of rotatable bonds is 5. The summed E-state index contributed by atoms with van der Waals surface area (Å²) in [7, 11) is 0. The molecule has 2 N–H and O–H groups in total. The number of halogens is 1. The number of benzene rings is 2. The Morgan fingerprint density at radius 1 is 1.18 bits per heavy atom. The number of amides is 2. The second kappa shape index (κ2) is 9.29. The lowest BCUT2D eigenvalue weighted by Gasteiger charge is -2.22. The summed E-state index contributed by atoms with van der Waals surface area (Å²) in [5.41, 5.74) is 10.1. The fourth-order valence-electron chi connectivity index (χ4n) is 4.07. The van der Waals surface area contributed by atoms with Crippen LogP contribution in [0, 0.1) is 6.92 Å². The summed E-state index contributed by atoms with van der Waals surface area (Å²) in [5, 5.41) is 7.40. The smallest absolute Gasteiger partial charge is 0.238 e. The molecule has 6 nitrogen and oxygen atoms in total. The second-order valence-electron chi connectivity index (χ2n) is 8.00. The van der Waals surface area contributed by atoms with E-state index in [1.54, 1.807) is 16.0 Å². The van der Waals surface area contributed by atoms with Crippen LogP contribution >= 0.6 is 34.7 Å². The number of thioether (sulfide) groups is 1. The molecule has 1 unspecified atom stereocenters. The van der Waals surface area contributed by atoms with Crippen molar-refractivity contribution < 1.29 is 9.59 Å². The van der Waals surface area contributed by atoms with Gasteiger partial charge in [-0.2, -0.15) is 5.10 Å². The predicted molar refractivity (Wildman–Crippen MR) is 139 cm³/mol. The summed E-state index contributed by atoms with van der Waals surface area (Å²) in [6.45, 7) is 1.79. The number of hydrogen-bond donors (Lipinski definition) is 1. The maximum absolute atomic E-state index is 13.3. The molecule has 1 aliphatic rings. The molecule has 0 bridgehead atoms. The van der Waals surface area contributed by atoms with E-state index in [0.717, 1.165) is 32.9 Å². The molecule has 2 amide bonds. The molecule has 0 saturated heterocycles. The van der Waals surface area contributed by atoms with Gasteiger partial charge in [0.15, 0.2) is 0 Å². The zero-order valence-electron chi connectivity index (χ0n) is 18.3. The van der Waals surface area contributed by atoms with Crippen LogP contribution in [0.5, 0.6) is 0 Å². The molecule has 4 aromatic rings. The summed E-state index contributed by atoms with van der Waals surface area (Å²) >= 11 is 9.42. The number of nitrogens with zero attached hydrogens (tertiary/aromatic N) is 3. The van der Waals surface area contributed by atoms with Gasteiger partial charge in [0.1, 0.15) is 18.1 Å². The molecule has 172 valence electrons. The number of carbonyl (C=O) groups excluding carboxylic acids is 2.